The zero-order chi connectivity index (χ0) is 14.3. The van der Waals surface area contributed by atoms with Gasteiger partial charge in [-0.25, -0.2) is 0 Å². The van der Waals surface area contributed by atoms with Gasteiger partial charge in [0, 0.05) is 6.92 Å². The molecule has 0 heterocycles. The van der Waals surface area contributed by atoms with Crippen molar-refractivity contribution in [3.63, 3.8) is 0 Å². The van der Waals surface area contributed by atoms with Gasteiger partial charge in [0.2, 0.25) is 0 Å². The van der Waals surface area contributed by atoms with E-state index in [-0.39, 0.29) is 11.6 Å². The number of ether oxygens (including phenoxy) is 1. The molecule has 2 aliphatic carbocycles. The third kappa shape index (κ3) is 2.88. The quantitative estimate of drug-likeness (QED) is 0.542. The molecule has 2 rings (SSSR count). The molecule has 2 aliphatic rings. The lowest BCUT2D eigenvalue weighted by Crippen LogP contribution is -2.45. The summed E-state index contributed by atoms with van der Waals surface area (Å²) < 4.78 is 5.57. The molecular formula is C17H28O2. The van der Waals surface area contributed by atoms with Crippen molar-refractivity contribution < 1.29 is 9.53 Å². The molecule has 2 nitrogen and oxygen atoms in total. The van der Waals surface area contributed by atoms with Crippen molar-refractivity contribution >= 4 is 5.97 Å². The molecule has 19 heavy (non-hydrogen) atoms. The number of esters is 1. The van der Waals surface area contributed by atoms with Gasteiger partial charge < -0.3 is 4.74 Å². The number of allylic oxidation sites excluding steroid dienone is 2. The van der Waals surface area contributed by atoms with Crippen LogP contribution in [-0.4, -0.2) is 11.6 Å². The van der Waals surface area contributed by atoms with E-state index in [4.69, 9.17) is 4.74 Å². The normalized spacial score (nSPS) is 35.3. The fourth-order valence-corrected chi connectivity index (χ4v) is 4.26. The van der Waals surface area contributed by atoms with Crippen molar-refractivity contribution in [2.24, 2.45) is 17.3 Å². The van der Waals surface area contributed by atoms with Crippen LogP contribution in [0.5, 0.6) is 0 Å². The molecule has 0 aromatic rings. The second-order valence-electron chi connectivity index (χ2n) is 7.36. The summed E-state index contributed by atoms with van der Waals surface area (Å²) in [6, 6.07) is 0. The van der Waals surface area contributed by atoms with Gasteiger partial charge in [-0.1, -0.05) is 18.6 Å². The maximum Gasteiger partial charge on any atom is 0.303 e. The monoisotopic (exact) mass is 264 g/mol. The lowest BCUT2D eigenvalue weighted by molar-refractivity contribution is -0.162. The largest absolute Gasteiger partial charge is 0.460 e. The van der Waals surface area contributed by atoms with Crippen molar-refractivity contribution in [2.45, 2.75) is 72.3 Å². The minimum Gasteiger partial charge on any atom is -0.460 e. The average Bonchev–Trinajstić information content (AvgIpc) is 2.26. The van der Waals surface area contributed by atoms with Gasteiger partial charge in [0.05, 0.1) is 0 Å². The molecule has 0 amide bonds. The van der Waals surface area contributed by atoms with E-state index in [9.17, 15) is 4.79 Å². The van der Waals surface area contributed by atoms with Crippen molar-refractivity contribution in [1.29, 1.82) is 0 Å². The van der Waals surface area contributed by atoms with Crippen LogP contribution < -0.4 is 0 Å². The summed E-state index contributed by atoms with van der Waals surface area (Å²) in [6.45, 7) is 10.4. The van der Waals surface area contributed by atoms with Gasteiger partial charge in [-0.2, -0.15) is 0 Å². The number of carbonyl (C=O) groups excluding carboxylic acids is 1. The molecule has 1 unspecified atom stereocenters. The molecule has 1 fully saturated rings. The summed E-state index contributed by atoms with van der Waals surface area (Å²) in [5.74, 6) is 1.00. The molecular weight excluding hydrogens is 236 g/mol. The number of rotatable bonds is 2. The Balaban J connectivity index is 2.14. The Kier molecular flexibility index (Phi) is 3.81. The molecule has 1 saturated carbocycles. The molecule has 0 radical (unpaired) electrons. The Morgan fingerprint density at radius 3 is 2.74 bits per heavy atom. The maximum absolute atomic E-state index is 11.3. The van der Waals surface area contributed by atoms with Crippen molar-refractivity contribution in [3.05, 3.63) is 11.6 Å². The molecule has 0 bridgehead atoms. The van der Waals surface area contributed by atoms with Crippen molar-refractivity contribution in [1.82, 2.24) is 0 Å². The van der Waals surface area contributed by atoms with E-state index in [1.54, 1.807) is 5.57 Å². The molecule has 2 heteroatoms. The SMILES string of the molecule is CC(=O)OC(C)(C)[C@@H]1CC[C@@]2(C)CCC=C(C)C2C1. The minimum absolute atomic E-state index is 0.158. The standard InChI is InChI=1S/C17H28O2/c1-12-7-6-9-17(5)10-8-14(11-15(12)17)16(3,4)19-13(2)18/h7,14-15H,6,8-11H2,1-5H3/t14-,15?,17-/m1/s1. The molecule has 3 atom stereocenters. The van der Waals surface area contributed by atoms with Crippen LogP contribution in [0.4, 0.5) is 0 Å². The zero-order valence-corrected chi connectivity index (χ0v) is 13.1. The molecule has 0 aliphatic heterocycles. The lowest BCUT2D eigenvalue weighted by Gasteiger charge is -2.50. The van der Waals surface area contributed by atoms with E-state index < -0.39 is 0 Å². The van der Waals surface area contributed by atoms with Crippen LogP contribution >= 0.6 is 0 Å². The van der Waals surface area contributed by atoms with E-state index in [0.717, 1.165) is 0 Å². The van der Waals surface area contributed by atoms with E-state index in [1.807, 2.05) is 0 Å². The van der Waals surface area contributed by atoms with Gasteiger partial charge in [0.1, 0.15) is 5.60 Å². The van der Waals surface area contributed by atoms with Crippen LogP contribution in [0, 0.1) is 17.3 Å². The summed E-state index contributed by atoms with van der Waals surface area (Å²) in [6.07, 6.45) is 8.57. The van der Waals surface area contributed by atoms with Gasteiger partial charge in [0.15, 0.2) is 0 Å². The molecule has 0 aromatic heterocycles. The summed E-state index contributed by atoms with van der Waals surface area (Å²) in [5, 5.41) is 0. The molecule has 0 aromatic carbocycles. The van der Waals surface area contributed by atoms with Crippen LogP contribution in [0.3, 0.4) is 0 Å². The smallest absolute Gasteiger partial charge is 0.303 e. The summed E-state index contributed by atoms with van der Waals surface area (Å²) in [4.78, 5) is 11.3. The second kappa shape index (κ2) is 4.96. The van der Waals surface area contributed by atoms with Gasteiger partial charge in [-0.15, -0.1) is 0 Å². The highest BCUT2D eigenvalue weighted by Gasteiger charge is 2.46. The first-order valence-corrected chi connectivity index (χ1v) is 7.61. The topological polar surface area (TPSA) is 26.3 Å². The fourth-order valence-electron chi connectivity index (χ4n) is 4.26. The third-order valence-corrected chi connectivity index (χ3v) is 5.55. The van der Waals surface area contributed by atoms with E-state index in [2.05, 4.69) is 33.8 Å². The van der Waals surface area contributed by atoms with Crippen molar-refractivity contribution in [3.8, 4) is 0 Å². The van der Waals surface area contributed by atoms with Gasteiger partial charge in [-0.05, 0) is 70.1 Å². The van der Waals surface area contributed by atoms with Gasteiger partial charge in [0.25, 0.3) is 0 Å². The number of hydrogen-bond donors (Lipinski definition) is 0. The summed E-state index contributed by atoms with van der Waals surface area (Å²) in [5.41, 5.74) is 1.70. The zero-order valence-electron chi connectivity index (χ0n) is 13.1. The lowest BCUT2D eigenvalue weighted by atomic mass is 9.56. The molecule has 0 saturated heterocycles. The first-order chi connectivity index (χ1) is 8.74. The van der Waals surface area contributed by atoms with Gasteiger partial charge in [-0.3, -0.25) is 4.79 Å². The first-order valence-electron chi connectivity index (χ1n) is 7.61. The Morgan fingerprint density at radius 2 is 2.11 bits per heavy atom. The fraction of sp³-hybridized carbons (Fsp3) is 0.824. The average molecular weight is 264 g/mol. The third-order valence-electron chi connectivity index (χ3n) is 5.55. The van der Waals surface area contributed by atoms with Gasteiger partial charge >= 0.3 is 5.97 Å². The second-order valence-corrected chi connectivity index (χ2v) is 7.36. The number of carbonyl (C=O) groups is 1. The Morgan fingerprint density at radius 1 is 1.42 bits per heavy atom. The number of hydrogen-bond acceptors (Lipinski definition) is 2. The van der Waals surface area contributed by atoms with Crippen LogP contribution in [0.2, 0.25) is 0 Å². The van der Waals surface area contributed by atoms with Crippen LogP contribution in [0.15, 0.2) is 11.6 Å². The highest BCUT2D eigenvalue weighted by Crippen LogP contribution is 2.54. The highest BCUT2D eigenvalue weighted by atomic mass is 16.6. The highest BCUT2D eigenvalue weighted by molar-refractivity contribution is 5.66. The predicted molar refractivity (Wildman–Crippen MR) is 77.8 cm³/mol. The molecule has 108 valence electrons. The van der Waals surface area contributed by atoms with E-state index in [1.165, 1.54) is 39.0 Å². The maximum atomic E-state index is 11.3. The number of fused-ring (bicyclic) bond motifs is 1. The Bertz CT molecular complexity index is 394. The molecule has 0 spiro atoms. The van der Waals surface area contributed by atoms with E-state index >= 15 is 0 Å². The summed E-state index contributed by atoms with van der Waals surface area (Å²) in [7, 11) is 0. The van der Waals surface area contributed by atoms with Crippen LogP contribution in [0.1, 0.15) is 66.7 Å². The summed E-state index contributed by atoms with van der Waals surface area (Å²) >= 11 is 0. The van der Waals surface area contributed by atoms with Crippen molar-refractivity contribution in [2.75, 3.05) is 0 Å². The minimum atomic E-state index is -0.328. The van der Waals surface area contributed by atoms with E-state index in [0.29, 0.717) is 17.3 Å². The Labute approximate surface area is 117 Å². The molecule has 0 N–H and O–H groups in total. The first kappa shape index (κ1) is 14.6. The predicted octanol–water partition coefficient (Wildman–Crippen LogP) is 4.49. The van der Waals surface area contributed by atoms with Crippen LogP contribution in [-0.2, 0) is 9.53 Å². The van der Waals surface area contributed by atoms with Crippen LogP contribution in [0.25, 0.3) is 0 Å². The Hall–Kier alpha value is -0.790.